The lowest BCUT2D eigenvalue weighted by Gasteiger charge is -2.27. The zero-order valence-electron chi connectivity index (χ0n) is 20.1. The number of likely N-dealkylation sites (tertiary alicyclic amines) is 1. The third-order valence-corrected chi connectivity index (χ3v) is 6.93. The molecule has 3 atom stereocenters. The first-order valence-electron chi connectivity index (χ1n) is 11.8. The Morgan fingerprint density at radius 3 is 2.47 bits per heavy atom. The van der Waals surface area contributed by atoms with Crippen LogP contribution in [0.15, 0.2) is 66.7 Å². The van der Waals surface area contributed by atoms with E-state index in [1.54, 1.807) is 7.11 Å². The number of carboxylic acids is 1. The summed E-state index contributed by atoms with van der Waals surface area (Å²) in [7, 11) is 1.59. The van der Waals surface area contributed by atoms with Crippen LogP contribution in [-0.4, -0.2) is 48.9 Å². The highest BCUT2D eigenvalue weighted by atomic mass is 16.7. The predicted octanol–water partition coefficient (Wildman–Crippen LogP) is 4.21. The Hall–Kier alpha value is -4.04. The SMILES string of the molecule is COc1ccc(C2C(C(=O)O)C(c3ccc4c(c3)OCO4)CN2CC(=O)Nc2ccccc2C)cc1. The molecule has 186 valence electrons. The molecular formula is C28H28N2O6. The van der Waals surface area contributed by atoms with Crippen molar-refractivity contribution in [2.45, 2.75) is 18.9 Å². The quantitative estimate of drug-likeness (QED) is 0.514. The van der Waals surface area contributed by atoms with Gasteiger partial charge in [-0.25, -0.2) is 0 Å². The Bertz CT molecular complexity index is 1280. The normalized spacial score (nSPS) is 20.8. The number of carbonyl (C=O) groups is 2. The van der Waals surface area contributed by atoms with Gasteiger partial charge < -0.3 is 24.6 Å². The lowest BCUT2D eigenvalue weighted by Crippen LogP contribution is -2.35. The zero-order chi connectivity index (χ0) is 25.2. The molecule has 2 aliphatic heterocycles. The number of benzene rings is 3. The van der Waals surface area contributed by atoms with Crippen LogP contribution < -0.4 is 19.5 Å². The van der Waals surface area contributed by atoms with Crippen molar-refractivity contribution in [3.63, 3.8) is 0 Å². The van der Waals surface area contributed by atoms with Gasteiger partial charge in [0.05, 0.1) is 19.6 Å². The van der Waals surface area contributed by atoms with Gasteiger partial charge in [0.2, 0.25) is 12.7 Å². The summed E-state index contributed by atoms with van der Waals surface area (Å²) in [6.07, 6.45) is 0. The van der Waals surface area contributed by atoms with Gasteiger partial charge >= 0.3 is 5.97 Å². The van der Waals surface area contributed by atoms with Crippen molar-refractivity contribution in [3.05, 3.63) is 83.4 Å². The number of aryl methyl sites for hydroxylation is 1. The number of methoxy groups -OCH3 is 1. The van der Waals surface area contributed by atoms with Gasteiger partial charge in [-0.15, -0.1) is 0 Å². The summed E-state index contributed by atoms with van der Waals surface area (Å²) in [5, 5.41) is 13.4. The summed E-state index contributed by atoms with van der Waals surface area (Å²) in [5.41, 5.74) is 3.35. The summed E-state index contributed by atoms with van der Waals surface area (Å²) >= 11 is 0. The van der Waals surface area contributed by atoms with Crippen LogP contribution in [0.25, 0.3) is 0 Å². The topological polar surface area (TPSA) is 97.3 Å². The third-order valence-electron chi connectivity index (χ3n) is 6.93. The standard InChI is InChI=1S/C28H28N2O6/c1-17-5-3-4-6-22(17)29-25(31)15-30-14-21(19-9-12-23-24(13-19)36-16-35-23)26(28(32)33)27(30)18-7-10-20(34-2)11-8-18/h3-13,21,26-27H,14-16H2,1-2H3,(H,29,31)(H,32,33). The van der Waals surface area contributed by atoms with Gasteiger partial charge in [0.1, 0.15) is 5.75 Å². The maximum absolute atomic E-state index is 13.1. The number of amides is 1. The summed E-state index contributed by atoms with van der Waals surface area (Å²) in [6, 6.07) is 20.0. The van der Waals surface area contributed by atoms with Gasteiger partial charge in [-0.2, -0.15) is 0 Å². The molecule has 0 spiro atoms. The van der Waals surface area contributed by atoms with E-state index in [9.17, 15) is 14.7 Å². The number of nitrogens with one attached hydrogen (secondary N) is 1. The number of ether oxygens (including phenoxy) is 3. The second-order valence-corrected chi connectivity index (χ2v) is 9.09. The van der Waals surface area contributed by atoms with Gasteiger partial charge in [-0.05, 0) is 53.9 Å². The second kappa shape index (κ2) is 9.91. The van der Waals surface area contributed by atoms with Crippen molar-refractivity contribution >= 4 is 17.6 Å². The molecule has 1 saturated heterocycles. The predicted molar refractivity (Wildman–Crippen MR) is 134 cm³/mol. The molecule has 1 fully saturated rings. The summed E-state index contributed by atoms with van der Waals surface area (Å²) in [4.78, 5) is 27.7. The fraction of sp³-hybridized carbons (Fsp3) is 0.286. The molecule has 0 aliphatic carbocycles. The first-order valence-corrected chi connectivity index (χ1v) is 11.8. The number of hydrogen-bond acceptors (Lipinski definition) is 6. The number of nitrogens with zero attached hydrogens (tertiary/aromatic N) is 1. The average Bonchev–Trinajstić information content (AvgIpc) is 3.50. The summed E-state index contributed by atoms with van der Waals surface area (Å²) < 4.78 is 16.3. The van der Waals surface area contributed by atoms with Crippen LogP contribution in [0.3, 0.4) is 0 Å². The second-order valence-electron chi connectivity index (χ2n) is 9.09. The molecule has 3 unspecified atom stereocenters. The smallest absolute Gasteiger partial charge is 0.309 e. The Kier molecular flexibility index (Phi) is 6.52. The van der Waals surface area contributed by atoms with Gasteiger partial charge in [-0.3, -0.25) is 14.5 Å². The van der Waals surface area contributed by atoms with E-state index in [1.165, 1.54) is 0 Å². The van der Waals surface area contributed by atoms with Gasteiger partial charge in [-0.1, -0.05) is 36.4 Å². The van der Waals surface area contributed by atoms with Crippen LogP contribution in [0, 0.1) is 12.8 Å². The van der Waals surface area contributed by atoms with E-state index in [2.05, 4.69) is 5.32 Å². The lowest BCUT2D eigenvalue weighted by molar-refractivity contribution is -0.143. The molecule has 2 aliphatic rings. The highest BCUT2D eigenvalue weighted by Gasteiger charge is 2.48. The fourth-order valence-electron chi connectivity index (χ4n) is 5.16. The highest BCUT2D eigenvalue weighted by Crippen LogP contribution is 2.47. The summed E-state index contributed by atoms with van der Waals surface area (Å²) in [5.74, 6) is -0.308. The van der Waals surface area contributed by atoms with E-state index in [4.69, 9.17) is 14.2 Å². The highest BCUT2D eigenvalue weighted by molar-refractivity contribution is 5.93. The molecule has 8 heteroatoms. The number of aliphatic carboxylic acids is 1. The zero-order valence-corrected chi connectivity index (χ0v) is 20.1. The average molecular weight is 489 g/mol. The van der Waals surface area contributed by atoms with Crippen LogP contribution in [-0.2, 0) is 9.59 Å². The molecule has 8 nitrogen and oxygen atoms in total. The van der Waals surface area contributed by atoms with Crippen LogP contribution in [0.4, 0.5) is 5.69 Å². The van der Waals surface area contributed by atoms with E-state index in [0.29, 0.717) is 23.8 Å². The largest absolute Gasteiger partial charge is 0.497 e. The van der Waals surface area contributed by atoms with Crippen LogP contribution in [0.5, 0.6) is 17.2 Å². The molecule has 1 amide bonds. The van der Waals surface area contributed by atoms with Crippen LogP contribution in [0.1, 0.15) is 28.7 Å². The third kappa shape index (κ3) is 4.59. The molecular weight excluding hydrogens is 460 g/mol. The summed E-state index contributed by atoms with van der Waals surface area (Å²) in [6.45, 7) is 2.53. The van der Waals surface area contributed by atoms with Crippen molar-refractivity contribution < 1.29 is 28.9 Å². The minimum Gasteiger partial charge on any atom is -0.497 e. The number of fused-ring (bicyclic) bond motifs is 1. The van der Waals surface area contributed by atoms with Crippen molar-refractivity contribution in [1.82, 2.24) is 4.90 Å². The first-order chi connectivity index (χ1) is 17.4. The number of carbonyl (C=O) groups excluding carboxylic acids is 1. The van der Waals surface area contributed by atoms with Crippen molar-refractivity contribution in [2.75, 3.05) is 32.3 Å². The number of para-hydroxylation sites is 1. The fourth-order valence-corrected chi connectivity index (χ4v) is 5.16. The number of hydrogen-bond donors (Lipinski definition) is 2. The molecule has 2 heterocycles. The molecule has 2 N–H and O–H groups in total. The molecule has 0 aromatic heterocycles. The number of anilines is 1. The van der Waals surface area contributed by atoms with Crippen LogP contribution in [0.2, 0.25) is 0 Å². The molecule has 3 aromatic rings. The van der Waals surface area contributed by atoms with Crippen molar-refractivity contribution in [1.29, 1.82) is 0 Å². The molecule has 0 saturated carbocycles. The Labute approximate surface area is 209 Å². The first kappa shape index (κ1) is 23.7. The Balaban J connectivity index is 1.48. The minimum atomic E-state index is -0.916. The Morgan fingerprint density at radius 1 is 1.03 bits per heavy atom. The van der Waals surface area contributed by atoms with Gasteiger partial charge in [0, 0.05) is 24.2 Å². The van der Waals surface area contributed by atoms with Crippen molar-refractivity contribution in [3.8, 4) is 17.2 Å². The van der Waals surface area contributed by atoms with E-state index < -0.39 is 17.9 Å². The van der Waals surface area contributed by atoms with Gasteiger partial charge in [0.15, 0.2) is 11.5 Å². The van der Waals surface area contributed by atoms with E-state index in [-0.39, 0.29) is 25.2 Å². The molecule has 0 bridgehead atoms. The lowest BCUT2D eigenvalue weighted by atomic mass is 9.82. The molecule has 3 aromatic carbocycles. The van der Waals surface area contributed by atoms with E-state index in [0.717, 1.165) is 22.4 Å². The van der Waals surface area contributed by atoms with Crippen molar-refractivity contribution in [2.24, 2.45) is 5.92 Å². The Morgan fingerprint density at radius 2 is 1.75 bits per heavy atom. The molecule has 36 heavy (non-hydrogen) atoms. The van der Waals surface area contributed by atoms with E-state index in [1.807, 2.05) is 78.6 Å². The number of carboxylic acid groups (broad SMARTS) is 1. The van der Waals surface area contributed by atoms with Crippen LogP contribution >= 0.6 is 0 Å². The van der Waals surface area contributed by atoms with Gasteiger partial charge in [0.25, 0.3) is 0 Å². The van der Waals surface area contributed by atoms with E-state index >= 15 is 0 Å². The molecule has 5 rings (SSSR count). The number of rotatable bonds is 7. The maximum Gasteiger partial charge on any atom is 0.309 e. The molecule has 0 radical (unpaired) electrons. The monoisotopic (exact) mass is 488 g/mol. The minimum absolute atomic E-state index is 0.0515. The maximum atomic E-state index is 13.1.